The SMILES string of the molecule is Cc1nsc(/N=N/c2c(O)ccc(/N=N/c3snc4ccc(S(N)(=O)=O)cc34)c2O)n1. The number of aromatic nitrogens is 3. The zero-order valence-corrected chi connectivity index (χ0v) is 18.0. The highest BCUT2D eigenvalue weighted by atomic mass is 32.2. The Labute approximate surface area is 182 Å². The maximum absolute atomic E-state index is 11.6. The number of fused-ring (bicyclic) bond motifs is 1. The Morgan fingerprint density at radius 3 is 2.52 bits per heavy atom. The van der Waals surface area contributed by atoms with Gasteiger partial charge >= 0.3 is 0 Å². The van der Waals surface area contributed by atoms with Gasteiger partial charge in [-0.2, -0.15) is 8.75 Å². The highest BCUT2D eigenvalue weighted by Crippen LogP contribution is 2.44. The minimum atomic E-state index is -3.90. The second-order valence-corrected chi connectivity index (χ2v) is 9.08. The molecule has 2 heterocycles. The monoisotopic (exact) mass is 476 g/mol. The zero-order valence-electron chi connectivity index (χ0n) is 15.5. The molecule has 0 bridgehead atoms. The third kappa shape index (κ3) is 4.38. The molecule has 0 aliphatic carbocycles. The molecule has 2 aromatic heterocycles. The predicted molar refractivity (Wildman–Crippen MR) is 114 cm³/mol. The summed E-state index contributed by atoms with van der Waals surface area (Å²) in [5, 5.41) is 42.3. The van der Waals surface area contributed by atoms with Gasteiger partial charge in [-0.15, -0.1) is 20.5 Å². The van der Waals surface area contributed by atoms with Crippen molar-refractivity contribution >= 4 is 65.5 Å². The first-order chi connectivity index (χ1) is 14.7. The summed E-state index contributed by atoms with van der Waals surface area (Å²) in [5.74, 6) is -0.243. The van der Waals surface area contributed by atoms with E-state index in [1.807, 2.05) is 0 Å². The van der Waals surface area contributed by atoms with Crippen LogP contribution in [0.2, 0.25) is 0 Å². The first-order valence-corrected chi connectivity index (χ1v) is 11.4. The van der Waals surface area contributed by atoms with E-state index in [4.69, 9.17) is 5.14 Å². The fraction of sp³-hybridized carbons (Fsp3) is 0.0625. The van der Waals surface area contributed by atoms with Crippen molar-refractivity contribution in [1.29, 1.82) is 0 Å². The highest BCUT2D eigenvalue weighted by molar-refractivity contribution is 7.89. The molecule has 0 fully saturated rings. The van der Waals surface area contributed by atoms with Gasteiger partial charge in [-0.3, -0.25) is 0 Å². The van der Waals surface area contributed by atoms with Gasteiger partial charge in [-0.25, -0.2) is 18.5 Å². The third-order valence-electron chi connectivity index (χ3n) is 3.87. The number of aryl methyl sites for hydroxylation is 1. The molecule has 31 heavy (non-hydrogen) atoms. The predicted octanol–water partition coefficient (Wildman–Crippen LogP) is 4.35. The summed E-state index contributed by atoms with van der Waals surface area (Å²) in [5.41, 5.74) is 0.308. The minimum absolute atomic E-state index is 0.00402. The summed E-state index contributed by atoms with van der Waals surface area (Å²) in [4.78, 5) is 3.93. The first kappa shape index (κ1) is 20.9. The van der Waals surface area contributed by atoms with E-state index >= 15 is 0 Å². The summed E-state index contributed by atoms with van der Waals surface area (Å²) < 4.78 is 31.3. The Morgan fingerprint density at radius 1 is 1.00 bits per heavy atom. The average molecular weight is 477 g/mol. The van der Waals surface area contributed by atoms with E-state index in [1.165, 1.54) is 30.3 Å². The van der Waals surface area contributed by atoms with Gasteiger partial charge in [-0.1, -0.05) is 0 Å². The Hall–Kier alpha value is -3.40. The number of nitrogens with two attached hydrogens (primary N) is 1. The van der Waals surface area contributed by atoms with Gasteiger partial charge < -0.3 is 10.2 Å². The van der Waals surface area contributed by atoms with Crippen molar-refractivity contribution in [1.82, 2.24) is 13.7 Å². The largest absolute Gasteiger partial charge is 0.505 e. The fourth-order valence-electron chi connectivity index (χ4n) is 2.41. The Morgan fingerprint density at radius 2 is 1.81 bits per heavy atom. The highest BCUT2D eigenvalue weighted by Gasteiger charge is 2.15. The number of benzene rings is 2. The Bertz CT molecular complexity index is 1460. The number of aromatic hydroxyl groups is 2. The molecule has 2 aromatic carbocycles. The van der Waals surface area contributed by atoms with Crippen molar-refractivity contribution in [3.05, 3.63) is 36.2 Å². The van der Waals surface area contributed by atoms with E-state index < -0.39 is 15.8 Å². The molecule has 0 saturated heterocycles. The van der Waals surface area contributed by atoms with Crippen LogP contribution in [0, 0.1) is 6.92 Å². The lowest BCUT2D eigenvalue weighted by atomic mass is 10.2. The van der Waals surface area contributed by atoms with Crippen LogP contribution in [-0.2, 0) is 10.0 Å². The third-order valence-corrected chi connectivity index (χ3v) is 6.23. The van der Waals surface area contributed by atoms with Crippen LogP contribution in [-0.4, -0.2) is 32.4 Å². The molecule has 4 rings (SSSR count). The molecule has 0 saturated carbocycles. The molecule has 158 valence electrons. The van der Waals surface area contributed by atoms with Crippen molar-refractivity contribution in [3.8, 4) is 11.5 Å². The molecule has 0 unspecified atom stereocenters. The van der Waals surface area contributed by atoms with Crippen LogP contribution in [0.1, 0.15) is 5.82 Å². The van der Waals surface area contributed by atoms with Gasteiger partial charge in [0.25, 0.3) is 0 Å². The average Bonchev–Trinajstić information content (AvgIpc) is 3.32. The molecule has 0 spiro atoms. The van der Waals surface area contributed by atoms with Crippen LogP contribution in [0.5, 0.6) is 11.5 Å². The molecule has 4 aromatic rings. The molecule has 12 nitrogen and oxygen atoms in total. The summed E-state index contributed by atoms with van der Waals surface area (Å²) >= 11 is 2.00. The lowest BCUT2D eigenvalue weighted by Crippen LogP contribution is -2.11. The van der Waals surface area contributed by atoms with Crippen LogP contribution >= 0.6 is 23.1 Å². The van der Waals surface area contributed by atoms with Crippen molar-refractivity contribution in [2.45, 2.75) is 11.8 Å². The molecular formula is C16H12N8O4S3. The van der Waals surface area contributed by atoms with Crippen molar-refractivity contribution in [3.63, 3.8) is 0 Å². The molecule has 0 aliphatic rings. The summed E-state index contributed by atoms with van der Waals surface area (Å²) in [7, 11) is -3.90. The number of azo groups is 2. The molecule has 0 amide bonds. The van der Waals surface area contributed by atoms with Crippen LogP contribution < -0.4 is 5.14 Å². The van der Waals surface area contributed by atoms with E-state index in [2.05, 4.69) is 34.2 Å². The van der Waals surface area contributed by atoms with E-state index in [-0.39, 0.29) is 27.2 Å². The first-order valence-electron chi connectivity index (χ1n) is 8.33. The number of sulfonamides is 1. The maximum atomic E-state index is 11.6. The van der Waals surface area contributed by atoms with Gasteiger partial charge in [0.1, 0.15) is 17.3 Å². The van der Waals surface area contributed by atoms with Crippen LogP contribution in [0.4, 0.5) is 21.5 Å². The number of nitrogens with zero attached hydrogens (tertiary/aromatic N) is 7. The van der Waals surface area contributed by atoms with Crippen molar-refractivity contribution < 1.29 is 18.6 Å². The molecule has 0 radical (unpaired) electrons. The van der Waals surface area contributed by atoms with Crippen LogP contribution in [0.25, 0.3) is 10.9 Å². The van der Waals surface area contributed by atoms with E-state index in [9.17, 15) is 18.6 Å². The number of phenols is 2. The van der Waals surface area contributed by atoms with E-state index in [1.54, 1.807) is 6.92 Å². The lowest BCUT2D eigenvalue weighted by Gasteiger charge is -2.03. The Kier molecular flexibility index (Phi) is 5.40. The molecule has 0 aliphatic heterocycles. The summed E-state index contributed by atoms with van der Waals surface area (Å²) in [6.45, 7) is 1.69. The standard InChI is InChI=1S/C16H12N8O4S3/c1-7-18-16(30-23-7)22-20-13-12(25)5-4-11(14(13)26)19-21-15-9-6-8(31(17,27)28)2-3-10(9)24-29-15/h2-6,25-26H,1H3,(H2,17,27,28)/b21-19+,22-20+. The van der Waals surface area contributed by atoms with Gasteiger partial charge in [0.15, 0.2) is 16.4 Å². The number of hydrogen-bond donors (Lipinski definition) is 3. The number of phenolic OH excluding ortho intramolecular Hbond substituents is 2. The van der Waals surface area contributed by atoms with Gasteiger partial charge in [0.2, 0.25) is 15.2 Å². The zero-order chi connectivity index (χ0) is 22.2. The van der Waals surface area contributed by atoms with Crippen LogP contribution in [0.3, 0.4) is 0 Å². The quantitative estimate of drug-likeness (QED) is 0.357. The maximum Gasteiger partial charge on any atom is 0.249 e. The van der Waals surface area contributed by atoms with Crippen LogP contribution in [0.15, 0.2) is 55.7 Å². The molecule has 0 atom stereocenters. The topological polar surface area (TPSA) is 189 Å². The minimum Gasteiger partial charge on any atom is -0.505 e. The van der Waals surface area contributed by atoms with Gasteiger partial charge in [0.05, 0.1) is 10.4 Å². The summed E-state index contributed by atoms with van der Waals surface area (Å²) in [6.07, 6.45) is 0. The van der Waals surface area contributed by atoms with E-state index in [0.29, 0.717) is 21.7 Å². The molecular weight excluding hydrogens is 464 g/mol. The van der Waals surface area contributed by atoms with Gasteiger partial charge in [-0.05, 0) is 48.8 Å². The number of primary sulfonamides is 1. The molecule has 4 N–H and O–H groups in total. The second-order valence-electron chi connectivity index (χ2n) is 6.04. The van der Waals surface area contributed by atoms with Gasteiger partial charge in [0, 0.05) is 16.9 Å². The normalized spacial score (nSPS) is 12.5. The number of hydrogen-bond acceptors (Lipinski definition) is 13. The second kappa shape index (κ2) is 8.03. The summed E-state index contributed by atoms with van der Waals surface area (Å²) in [6, 6.07) is 6.82. The fourth-order valence-corrected chi connectivity index (χ4v) is 4.14. The lowest BCUT2D eigenvalue weighted by molar-refractivity contribution is 0.453. The molecule has 15 heteroatoms. The van der Waals surface area contributed by atoms with Crippen molar-refractivity contribution in [2.75, 3.05) is 0 Å². The smallest absolute Gasteiger partial charge is 0.249 e. The Balaban J connectivity index is 1.69. The van der Waals surface area contributed by atoms with E-state index in [0.717, 1.165) is 23.1 Å². The van der Waals surface area contributed by atoms with Crippen molar-refractivity contribution in [2.24, 2.45) is 25.6 Å². The number of rotatable bonds is 5.